The first-order valence-electron chi connectivity index (χ1n) is 7.89. The molecule has 23 heavy (non-hydrogen) atoms. The maximum atomic E-state index is 12.4. The van der Waals surface area contributed by atoms with Crippen LogP contribution in [-0.2, 0) is 14.6 Å². The van der Waals surface area contributed by atoms with E-state index in [0.29, 0.717) is 18.9 Å². The zero-order chi connectivity index (χ0) is 16.9. The van der Waals surface area contributed by atoms with Crippen LogP contribution < -0.4 is 10.6 Å². The van der Waals surface area contributed by atoms with Crippen LogP contribution in [0.2, 0.25) is 0 Å². The van der Waals surface area contributed by atoms with Gasteiger partial charge in [0.15, 0.2) is 9.84 Å². The number of rotatable bonds is 6. The molecule has 0 aliphatic carbocycles. The summed E-state index contributed by atoms with van der Waals surface area (Å²) in [5.41, 5.74) is 0.564. The topological polar surface area (TPSA) is 84.5 Å². The fraction of sp³-hybridized carbons (Fsp3) is 0.562. The van der Waals surface area contributed by atoms with E-state index in [4.69, 9.17) is 4.74 Å². The molecule has 0 bridgehead atoms. The molecule has 0 radical (unpaired) electrons. The number of carbonyl (C=O) groups excluding carboxylic acids is 1. The predicted octanol–water partition coefficient (Wildman–Crippen LogP) is 2.42. The summed E-state index contributed by atoms with van der Waals surface area (Å²) >= 11 is 0. The van der Waals surface area contributed by atoms with Crippen LogP contribution in [0.25, 0.3) is 0 Å². The molecule has 2 rings (SSSR count). The molecule has 1 aromatic carbocycles. The van der Waals surface area contributed by atoms with Crippen LogP contribution in [0.3, 0.4) is 0 Å². The Labute approximate surface area is 137 Å². The van der Waals surface area contributed by atoms with Crippen molar-refractivity contribution in [2.45, 2.75) is 37.6 Å². The predicted molar refractivity (Wildman–Crippen MR) is 89.3 cm³/mol. The quantitative estimate of drug-likeness (QED) is 0.833. The van der Waals surface area contributed by atoms with E-state index in [1.54, 1.807) is 12.1 Å². The molecular formula is C16H24N2O4S. The number of carbonyl (C=O) groups is 1. The highest BCUT2D eigenvalue weighted by molar-refractivity contribution is 7.91. The van der Waals surface area contributed by atoms with Crippen LogP contribution >= 0.6 is 0 Å². The van der Waals surface area contributed by atoms with Gasteiger partial charge in [0, 0.05) is 18.3 Å². The number of anilines is 1. The smallest absolute Gasteiger partial charge is 0.319 e. The van der Waals surface area contributed by atoms with Gasteiger partial charge >= 0.3 is 6.03 Å². The van der Waals surface area contributed by atoms with Crippen molar-refractivity contribution in [1.29, 1.82) is 0 Å². The molecule has 2 N–H and O–H groups in total. The largest absolute Gasteiger partial charge is 0.381 e. The van der Waals surface area contributed by atoms with E-state index < -0.39 is 9.84 Å². The Kier molecular flexibility index (Phi) is 6.01. The molecule has 6 nitrogen and oxygen atoms in total. The number of benzene rings is 1. The second kappa shape index (κ2) is 7.79. The van der Waals surface area contributed by atoms with Crippen molar-refractivity contribution in [3.05, 3.63) is 24.3 Å². The molecule has 2 amide bonds. The van der Waals surface area contributed by atoms with Crippen LogP contribution in [0.4, 0.5) is 10.5 Å². The van der Waals surface area contributed by atoms with Crippen molar-refractivity contribution in [3.63, 3.8) is 0 Å². The lowest BCUT2D eigenvalue weighted by atomic mass is 10.2. The number of urea groups is 1. The minimum absolute atomic E-state index is 0.0686. The zero-order valence-corrected chi connectivity index (χ0v) is 14.4. The first-order chi connectivity index (χ1) is 10.9. The number of hydrogen-bond acceptors (Lipinski definition) is 4. The highest BCUT2D eigenvalue weighted by atomic mass is 32.2. The summed E-state index contributed by atoms with van der Waals surface area (Å²) in [4.78, 5) is 12.0. The molecule has 0 aromatic heterocycles. The molecule has 1 aliphatic rings. The number of nitrogens with one attached hydrogen (secondary N) is 2. The SMILES string of the molecule is CC[C@@H](C)NC(=O)Nc1ccc(S(=O)(=O)C[C@@H]2CCOC2)cc1. The van der Waals surface area contributed by atoms with Crippen molar-refractivity contribution in [2.75, 3.05) is 24.3 Å². The van der Waals surface area contributed by atoms with E-state index in [1.165, 1.54) is 12.1 Å². The molecule has 128 valence electrons. The van der Waals surface area contributed by atoms with Crippen molar-refractivity contribution in [2.24, 2.45) is 5.92 Å². The minimum Gasteiger partial charge on any atom is -0.381 e. The molecule has 0 saturated carbocycles. The lowest BCUT2D eigenvalue weighted by molar-refractivity contribution is 0.188. The number of sulfone groups is 1. The van der Waals surface area contributed by atoms with Crippen LogP contribution in [0, 0.1) is 5.92 Å². The van der Waals surface area contributed by atoms with Gasteiger partial charge in [0.05, 0.1) is 17.3 Å². The normalized spacial score (nSPS) is 19.3. The number of ether oxygens (including phenoxy) is 1. The average molecular weight is 340 g/mol. The van der Waals surface area contributed by atoms with Gasteiger partial charge in [0.25, 0.3) is 0 Å². The van der Waals surface area contributed by atoms with Crippen LogP contribution in [-0.4, -0.2) is 39.5 Å². The van der Waals surface area contributed by atoms with Gasteiger partial charge in [-0.2, -0.15) is 0 Å². The standard InChI is InChI=1S/C16H24N2O4S/c1-3-12(2)17-16(19)18-14-4-6-15(7-5-14)23(20,21)11-13-8-9-22-10-13/h4-7,12-13H,3,8-11H2,1-2H3,(H2,17,18,19)/t12-,13-/m1/s1. The van der Waals surface area contributed by atoms with E-state index >= 15 is 0 Å². The molecule has 1 aromatic rings. The van der Waals surface area contributed by atoms with E-state index in [1.807, 2.05) is 13.8 Å². The molecule has 1 fully saturated rings. The van der Waals surface area contributed by atoms with Crippen LogP contribution in [0.15, 0.2) is 29.2 Å². The second-order valence-electron chi connectivity index (χ2n) is 5.94. The molecular weight excluding hydrogens is 316 g/mol. The number of hydrogen-bond donors (Lipinski definition) is 2. The molecule has 2 atom stereocenters. The Morgan fingerprint density at radius 2 is 2.04 bits per heavy atom. The highest BCUT2D eigenvalue weighted by Crippen LogP contribution is 2.21. The Morgan fingerprint density at radius 3 is 2.61 bits per heavy atom. The van der Waals surface area contributed by atoms with E-state index in [-0.39, 0.29) is 28.6 Å². The summed E-state index contributed by atoms with van der Waals surface area (Å²) in [5.74, 6) is 0.174. The van der Waals surface area contributed by atoms with Crippen LogP contribution in [0.5, 0.6) is 0 Å². The summed E-state index contributed by atoms with van der Waals surface area (Å²) < 4.78 is 29.9. The Bertz CT molecular complexity index is 622. The summed E-state index contributed by atoms with van der Waals surface area (Å²) in [5, 5.41) is 5.48. The zero-order valence-electron chi connectivity index (χ0n) is 13.5. The van der Waals surface area contributed by atoms with Gasteiger partial charge in [-0.3, -0.25) is 0 Å². The average Bonchev–Trinajstić information content (AvgIpc) is 2.99. The maximum absolute atomic E-state index is 12.4. The first kappa shape index (κ1) is 17.7. The monoisotopic (exact) mass is 340 g/mol. The number of amides is 2. The van der Waals surface area contributed by atoms with E-state index in [0.717, 1.165) is 12.8 Å². The van der Waals surface area contributed by atoms with Gasteiger partial charge in [0.2, 0.25) is 0 Å². The van der Waals surface area contributed by atoms with Crippen molar-refractivity contribution >= 4 is 21.6 Å². The third-order valence-electron chi connectivity index (χ3n) is 3.94. The molecule has 1 saturated heterocycles. The fourth-order valence-corrected chi connectivity index (χ4v) is 3.99. The summed E-state index contributed by atoms with van der Waals surface area (Å²) in [6.45, 7) is 5.05. The van der Waals surface area contributed by atoms with Gasteiger partial charge in [-0.1, -0.05) is 6.92 Å². The van der Waals surface area contributed by atoms with Gasteiger partial charge in [-0.15, -0.1) is 0 Å². The van der Waals surface area contributed by atoms with Gasteiger partial charge in [-0.25, -0.2) is 13.2 Å². The maximum Gasteiger partial charge on any atom is 0.319 e. The Balaban J connectivity index is 1.96. The van der Waals surface area contributed by atoms with Crippen molar-refractivity contribution in [3.8, 4) is 0 Å². The lowest BCUT2D eigenvalue weighted by Crippen LogP contribution is -2.35. The molecule has 1 heterocycles. The van der Waals surface area contributed by atoms with Crippen molar-refractivity contribution in [1.82, 2.24) is 5.32 Å². The third-order valence-corrected chi connectivity index (χ3v) is 5.84. The fourth-order valence-electron chi connectivity index (χ4n) is 2.36. The van der Waals surface area contributed by atoms with Crippen molar-refractivity contribution < 1.29 is 17.9 Å². The van der Waals surface area contributed by atoms with Gasteiger partial charge in [0.1, 0.15) is 0 Å². The second-order valence-corrected chi connectivity index (χ2v) is 7.98. The first-order valence-corrected chi connectivity index (χ1v) is 9.54. The van der Waals surface area contributed by atoms with Crippen LogP contribution in [0.1, 0.15) is 26.7 Å². The van der Waals surface area contributed by atoms with Gasteiger partial charge < -0.3 is 15.4 Å². The summed E-state index contributed by atoms with van der Waals surface area (Å²) in [6, 6.07) is 6.07. The summed E-state index contributed by atoms with van der Waals surface area (Å²) in [7, 11) is -3.32. The van der Waals surface area contributed by atoms with E-state index in [2.05, 4.69) is 10.6 Å². The summed E-state index contributed by atoms with van der Waals surface area (Å²) in [6.07, 6.45) is 1.63. The molecule has 1 aliphatic heterocycles. The minimum atomic E-state index is -3.32. The Hall–Kier alpha value is -1.60. The van der Waals surface area contributed by atoms with E-state index in [9.17, 15) is 13.2 Å². The third kappa shape index (κ3) is 5.21. The molecule has 7 heteroatoms. The Morgan fingerprint density at radius 1 is 1.35 bits per heavy atom. The highest BCUT2D eigenvalue weighted by Gasteiger charge is 2.24. The lowest BCUT2D eigenvalue weighted by Gasteiger charge is -2.13. The van der Waals surface area contributed by atoms with Gasteiger partial charge in [-0.05, 0) is 49.9 Å². The molecule has 0 spiro atoms. The molecule has 0 unspecified atom stereocenters.